The lowest BCUT2D eigenvalue weighted by Crippen LogP contribution is -1.73. The smallest absolute Gasteiger partial charge is 0.124 e. The highest BCUT2D eigenvalue weighted by molar-refractivity contribution is 7.21. The Kier molecular flexibility index (Phi) is 4.32. The lowest BCUT2D eigenvalue weighted by molar-refractivity contribution is 1.48. The van der Waals surface area contributed by atoms with E-state index in [0.29, 0.717) is 0 Å². The summed E-state index contributed by atoms with van der Waals surface area (Å²) in [5, 5.41) is 1.09. The number of thiazole rings is 2. The van der Waals surface area contributed by atoms with E-state index in [9.17, 15) is 0 Å². The minimum absolute atomic E-state index is 1.08. The van der Waals surface area contributed by atoms with Crippen molar-refractivity contribution in [1.29, 1.82) is 0 Å². The number of nitrogens with zero attached hydrogens (tertiary/aromatic N) is 2. The molecule has 5 rings (SSSR count). The summed E-state index contributed by atoms with van der Waals surface area (Å²) in [6.07, 6.45) is 0. The van der Waals surface area contributed by atoms with Gasteiger partial charge in [-0.2, -0.15) is 0 Å². The summed E-state index contributed by atoms with van der Waals surface area (Å²) < 4.78 is 2.51. The van der Waals surface area contributed by atoms with Gasteiger partial charge in [-0.1, -0.05) is 54.6 Å². The van der Waals surface area contributed by atoms with Crippen molar-refractivity contribution in [3.8, 4) is 10.6 Å². The molecule has 2 aromatic heterocycles. The molecule has 2 heterocycles. The van der Waals surface area contributed by atoms with E-state index < -0.39 is 0 Å². The lowest BCUT2D eigenvalue weighted by atomic mass is 10.2. The van der Waals surface area contributed by atoms with Crippen molar-refractivity contribution in [1.82, 2.24) is 9.97 Å². The Morgan fingerprint density at radius 3 is 2.04 bits per heavy atom. The molecule has 0 aliphatic rings. The minimum atomic E-state index is 1.08. The zero-order chi connectivity index (χ0) is 16.2. The topological polar surface area (TPSA) is 25.8 Å². The Bertz CT molecular complexity index is 1000. The molecule has 0 aliphatic heterocycles. The number of rotatable bonds is 1. The fourth-order valence-corrected chi connectivity index (χ4v) is 4.03. The standard InChI is InChI=1S/C13H9NS.C7H5NS/c1-2-6-10(7-3-1)13-14-11-8-4-5-9-12(11)15-13;1-2-4-7-6(3-1)8-5-9-7/h1-9H;1-5H. The molecule has 0 unspecified atom stereocenters. The van der Waals surface area contributed by atoms with Gasteiger partial charge in [0.1, 0.15) is 5.01 Å². The SMILES string of the molecule is c1ccc(-c2nc3ccccc3s2)cc1.c1ccc2scnc2c1. The fourth-order valence-electron chi connectivity index (χ4n) is 2.38. The van der Waals surface area contributed by atoms with E-state index in [1.54, 1.807) is 22.7 Å². The Labute approximate surface area is 148 Å². The van der Waals surface area contributed by atoms with Crippen molar-refractivity contribution >= 4 is 43.1 Å². The Hall–Kier alpha value is -2.56. The molecule has 0 fully saturated rings. The van der Waals surface area contributed by atoms with Crippen LogP contribution in [0.4, 0.5) is 0 Å². The van der Waals surface area contributed by atoms with E-state index in [1.807, 2.05) is 48.0 Å². The molecule has 4 heteroatoms. The van der Waals surface area contributed by atoms with Crippen molar-refractivity contribution in [2.45, 2.75) is 0 Å². The van der Waals surface area contributed by atoms with Crippen LogP contribution in [0.2, 0.25) is 0 Å². The number of benzene rings is 3. The Balaban J connectivity index is 0.000000138. The summed E-state index contributed by atoms with van der Waals surface area (Å²) in [6.45, 7) is 0. The average molecular weight is 346 g/mol. The second-order valence-electron chi connectivity index (χ2n) is 5.17. The summed E-state index contributed by atoms with van der Waals surface area (Å²) in [7, 11) is 0. The number of fused-ring (bicyclic) bond motifs is 2. The van der Waals surface area contributed by atoms with Gasteiger partial charge in [0, 0.05) is 5.56 Å². The molecular formula is C20H14N2S2. The van der Waals surface area contributed by atoms with Crippen LogP contribution in [0.15, 0.2) is 84.4 Å². The van der Waals surface area contributed by atoms with Gasteiger partial charge in [0.2, 0.25) is 0 Å². The summed E-state index contributed by atoms with van der Waals surface area (Å²) in [5.74, 6) is 0. The molecule has 0 aliphatic carbocycles. The molecule has 0 N–H and O–H groups in total. The maximum Gasteiger partial charge on any atom is 0.124 e. The van der Waals surface area contributed by atoms with Gasteiger partial charge in [0.15, 0.2) is 0 Å². The maximum absolute atomic E-state index is 4.60. The van der Waals surface area contributed by atoms with Gasteiger partial charge in [0.25, 0.3) is 0 Å². The first-order valence-corrected chi connectivity index (χ1v) is 9.29. The molecule has 0 saturated carbocycles. The summed E-state index contributed by atoms with van der Waals surface area (Å²) in [6, 6.07) is 26.7. The number of hydrogen-bond acceptors (Lipinski definition) is 4. The maximum atomic E-state index is 4.60. The van der Waals surface area contributed by atoms with Crippen LogP contribution in [0.5, 0.6) is 0 Å². The number of hydrogen-bond donors (Lipinski definition) is 0. The molecule has 0 atom stereocenters. The van der Waals surface area contributed by atoms with E-state index >= 15 is 0 Å². The van der Waals surface area contributed by atoms with Crippen LogP contribution >= 0.6 is 22.7 Å². The van der Waals surface area contributed by atoms with Gasteiger partial charge < -0.3 is 0 Å². The summed E-state index contributed by atoms with van der Waals surface area (Å²) >= 11 is 3.42. The molecule has 0 bridgehead atoms. The van der Waals surface area contributed by atoms with E-state index in [0.717, 1.165) is 16.0 Å². The van der Waals surface area contributed by atoms with Gasteiger partial charge in [-0.05, 0) is 24.3 Å². The van der Waals surface area contributed by atoms with Crippen LogP contribution in [-0.2, 0) is 0 Å². The highest BCUT2D eigenvalue weighted by Crippen LogP contribution is 2.29. The third kappa shape index (κ3) is 3.20. The average Bonchev–Trinajstić information content (AvgIpc) is 3.29. The van der Waals surface area contributed by atoms with Crippen molar-refractivity contribution in [2.75, 3.05) is 0 Å². The molecule has 116 valence electrons. The van der Waals surface area contributed by atoms with Crippen molar-refractivity contribution in [3.63, 3.8) is 0 Å². The highest BCUT2D eigenvalue weighted by Gasteiger charge is 2.03. The molecule has 2 nitrogen and oxygen atoms in total. The molecule has 5 aromatic rings. The van der Waals surface area contributed by atoms with E-state index in [1.165, 1.54) is 15.0 Å². The van der Waals surface area contributed by atoms with Crippen LogP contribution < -0.4 is 0 Å². The largest absolute Gasteiger partial charge is 0.245 e. The third-order valence-electron chi connectivity index (χ3n) is 3.55. The van der Waals surface area contributed by atoms with Crippen molar-refractivity contribution in [2.24, 2.45) is 0 Å². The van der Waals surface area contributed by atoms with Crippen LogP contribution in [0.3, 0.4) is 0 Å². The summed E-state index contributed by atoms with van der Waals surface area (Å²) in [4.78, 5) is 8.74. The van der Waals surface area contributed by atoms with E-state index in [4.69, 9.17) is 0 Å². The molecule has 3 aromatic carbocycles. The first-order chi connectivity index (χ1) is 11.9. The molecule has 0 spiro atoms. The van der Waals surface area contributed by atoms with Crippen molar-refractivity contribution in [3.05, 3.63) is 84.4 Å². The van der Waals surface area contributed by atoms with E-state index in [-0.39, 0.29) is 0 Å². The second kappa shape index (κ2) is 6.91. The summed E-state index contributed by atoms with van der Waals surface area (Å²) in [5.41, 5.74) is 5.24. The van der Waals surface area contributed by atoms with Gasteiger partial charge in [-0.25, -0.2) is 9.97 Å². The fraction of sp³-hybridized carbons (Fsp3) is 0. The van der Waals surface area contributed by atoms with Crippen LogP contribution in [0.1, 0.15) is 0 Å². The first kappa shape index (κ1) is 15.0. The second-order valence-corrected chi connectivity index (χ2v) is 7.09. The Morgan fingerprint density at radius 1 is 0.625 bits per heavy atom. The zero-order valence-corrected chi connectivity index (χ0v) is 14.4. The third-order valence-corrected chi connectivity index (χ3v) is 5.45. The molecule has 0 amide bonds. The predicted molar refractivity (Wildman–Crippen MR) is 105 cm³/mol. The molecule has 24 heavy (non-hydrogen) atoms. The number of para-hydroxylation sites is 2. The zero-order valence-electron chi connectivity index (χ0n) is 12.8. The van der Waals surface area contributed by atoms with E-state index in [2.05, 4.69) is 46.4 Å². The number of aromatic nitrogens is 2. The normalized spacial score (nSPS) is 10.5. The lowest BCUT2D eigenvalue weighted by Gasteiger charge is -1.92. The van der Waals surface area contributed by atoms with Gasteiger partial charge >= 0.3 is 0 Å². The predicted octanol–water partition coefficient (Wildman–Crippen LogP) is 6.26. The van der Waals surface area contributed by atoms with Crippen molar-refractivity contribution < 1.29 is 0 Å². The Morgan fingerprint density at radius 2 is 1.29 bits per heavy atom. The monoisotopic (exact) mass is 346 g/mol. The molecule has 0 radical (unpaired) electrons. The quantitative estimate of drug-likeness (QED) is 0.358. The van der Waals surface area contributed by atoms with Crippen LogP contribution in [-0.4, -0.2) is 9.97 Å². The van der Waals surface area contributed by atoms with Gasteiger partial charge in [-0.15, -0.1) is 22.7 Å². The molecule has 0 saturated heterocycles. The molecular weight excluding hydrogens is 332 g/mol. The van der Waals surface area contributed by atoms with Gasteiger partial charge in [-0.3, -0.25) is 0 Å². The van der Waals surface area contributed by atoms with Crippen LogP contribution in [0, 0.1) is 0 Å². The highest BCUT2D eigenvalue weighted by atomic mass is 32.1. The first-order valence-electron chi connectivity index (χ1n) is 7.59. The van der Waals surface area contributed by atoms with Gasteiger partial charge in [0.05, 0.1) is 25.9 Å². The van der Waals surface area contributed by atoms with Crippen LogP contribution in [0.25, 0.3) is 31.0 Å². The minimum Gasteiger partial charge on any atom is -0.245 e.